The Labute approximate surface area is 131 Å². The van der Waals surface area contributed by atoms with Crippen LogP contribution in [-0.4, -0.2) is 22.1 Å². The molecule has 0 saturated heterocycles. The van der Waals surface area contributed by atoms with Gasteiger partial charge < -0.3 is 14.6 Å². The first-order valence-electron chi connectivity index (χ1n) is 7.62. The lowest BCUT2D eigenvalue weighted by Gasteiger charge is -2.08. The summed E-state index contributed by atoms with van der Waals surface area (Å²) in [6.45, 7) is 5.21. The zero-order chi connectivity index (χ0) is 15.8. The molecular formula is C17H23N3O2. The molecule has 1 aromatic carbocycles. The van der Waals surface area contributed by atoms with Gasteiger partial charge in [0.05, 0.1) is 18.6 Å². The minimum Gasteiger partial charge on any atom is -0.494 e. The summed E-state index contributed by atoms with van der Waals surface area (Å²) >= 11 is 0. The van der Waals surface area contributed by atoms with Gasteiger partial charge in [0.1, 0.15) is 5.75 Å². The molecule has 0 aliphatic heterocycles. The molecule has 22 heavy (non-hydrogen) atoms. The predicted molar refractivity (Wildman–Crippen MR) is 87.1 cm³/mol. The molecular weight excluding hydrogens is 278 g/mol. The molecule has 1 amide bonds. The number of hydrogen-bond donors (Lipinski definition) is 1. The molecule has 0 saturated carbocycles. The van der Waals surface area contributed by atoms with Crippen molar-refractivity contribution in [2.24, 2.45) is 0 Å². The Kier molecular flexibility index (Phi) is 6.01. The van der Waals surface area contributed by atoms with Crippen molar-refractivity contribution in [1.29, 1.82) is 0 Å². The van der Waals surface area contributed by atoms with Crippen molar-refractivity contribution in [3.63, 3.8) is 0 Å². The Bertz CT molecular complexity index is 590. The molecule has 1 heterocycles. The monoisotopic (exact) mass is 301 g/mol. The van der Waals surface area contributed by atoms with Crippen molar-refractivity contribution in [3.8, 4) is 5.75 Å². The molecule has 0 unspecified atom stereocenters. The number of anilines is 1. The number of carbonyl (C=O) groups excluding carboxylic acids is 1. The van der Waals surface area contributed by atoms with Crippen molar-refractivity contribution < 1.29 is 9.53 Å². The van der Waals surface area contributed by atoms with Gasteiger partial charge in [-0.3, -0.25) is 4.79 Å². The first-order chi connectivity index (χ1) is 10.6. The summed E-state index contributed by atoms with van der Waals surface area (Å²) in [6, 6.07) is 7.44. The quantitative estimate of drug-likeness (QED) is 0.760. The highest BCUT2D eigenvalue weighted by Gasteiger charge is 1.98. The maximum absolute atomic E-state index is 10.9. The topological polar surface area (TPSA) is 56.1 Å². The van der Waals surface area contributed by atoms with Crippen LogP contribution in [0.15, 0.2) is 36.8 Å². The second kappa shape index (κ2) is 8.22. The fourth-order valence-corrected chi connectivity index (χ4v) is 2.20. The van der Waals surface area contributed by atoms with Crippen LogP contribution in [0.1, 0.15) is 31.9 Å². The number of nitrogens with one attached hydrogen (secondary N) is 1. The van der Waals surface area contributed by atoms with Crippen LogP contribution in [0, 0.1) is 6.92 Å². The van der Waals surface area contributed by atoms with E-state index >= 15 is 0 Å². The van der Waals surface area contributed by atoms with Crippen LogP contribution in [-0.2, 0) is 11.3 Å². The summed E-state index contributed by atoms with van der Waals surface area (Å²) in [7, 11) is 0. The lowest BCUT2D eigenvalue weighted by atomic mass is 10.2. The van der Waals surface area contributed by atoms with Gasteiger partial charge >= 0.3 is 0 Å². The van der Waals surface area contributed by atoms with Crippen molar-refractivity contribution >= 4 is 11.6 Å². The van der Waals surface area contributed by atoms with E-state index < -0.39 is 0 Å². The van der Waals surface area contributed by atoms with Gasteiger partial charge in [0.15, 0.2) is 0 Å². The number of nitrogens with zero attached hydrogens (tertiary/aromatic N) is 2. The zero-order valence-electron chi connectivity index (χ0n) is 13.2. The van der Waals surface area contributed by atoms with Crippen LogP contribution in [0.25, 0.3) is 0 Å². The van der Waals surface area contributed by atoms with E-state index in [0.29, 0.717) is 6.61 Å². The molecule has 0 bridgehead atoms. The SMILES string of the molecule is CC(=O)Nc1ccc(OCCCCCn2cnc(C)c2)cc1. The number of rotatable bonds is 8. The van der Waals surface area contributed by atoms with Gasteiger partial charge in [0.2, 0.25) is 5.91 Å². The summed E-state index contributed by atoms with van der Waals surface area (Å²) in [5.74, 6) is 0.765. The largest absolute Gasteiger partial charge is 0.494 e. The average molecular weight is 301 g/mol. The van der Waals surface area contributed by atoms with E-state index in [1.807, 2.05) is 37.5 Å². The van der Waals surface area contributed by atoms with Gasteiger partial charge in [0, 0.05) is 25.4 Å². The molecule has 0 fully saturated rings. The molecule has 2 aromatic rings. The third kappa shape index (κ3) is 5.60. The molecule has 0 aliphatic carbocycles. The summed E-state index contributed by atoms with van der Waals surface area (Å²) in [4.78, 5) is 15.1. The molecule has 5 nitrogen and oxygen atoms in total. The van der Waals surface area contributed by atoms with Crippen LogP contribution in [0.2, 0.25) is 0 Å². The van der Waals surface area contributed by atoms with E-state index in [4.69, 9.17) is 4.74 Å². The third-order valence-corrected chi connectivity index (χ3v) is 3.27. The number of aryl methyl sites for hydroxylation is 2. The Morgan fingerprint density at radius 3 is 2.64 bits per heavy atom. The summed E-state index contributed by atoms with van der Waals surface area (Å²) < 4.78 is 7.81. The second-order valence-electron chi connectivity index (χ2n) is 5.37. The number of ether oxygens (including phenoxy) is 1. The second-order valence-corrected chi connectivity index (χ2v) is 5.37. The van der Waals surface area contributed by atoms with Gasteiger partial charge in [-0.25, -0.2) is 4.98 Å². The van der Waals surface area contributed by atoms with Gasteiger partial charge in [-0.2, -0.15) is 0 Å². The molecule has 118 valence electrons. The molecule has 0 spiro atoms. The van der Waals surface area contributed by atoms with Crippen molar-refractivity contribution in [2.45, 2.75) is 39.7 Å². The van der Waals surface area contributed by atoms with E-state index in [2.05, 4.69) is 21.1 Å². The van der Waals surface area contributed by atoms with Crippen molar-refractivity contribution in [2.75, 3.05) is 11.9 Å². The maximum Gasteiger partial charge on any atom is 0.221 e. The Morgan fingerprint density at radius 1 is 1.23 bits per heavy atom. The number of aromatic nitrogens is 2. The van der Waals surface area contributed by atoms with E-state index in [0.717, 1.165) is 42.9 Å². The Balaban J connectivity index is 1.59. The fraction of sp³-hybridized carbons (Fsp3) is 0.412. The highest BCUT2D eigenvalue weighted by molar-refractivity contribution is 5.88. The molecule has 5 heteroatoms. The average Bonchev–Trinajstić information content (AvgIpc) is 2.89. The minimum absolute atomic E-state index is 0.0678. The molecule has 2 rings (SSSR count). The molecule has 0 aliphatic rings. The first kappa shape index (κ1) is 16.1. The van der Waals surface area contributed by atoms with Crippen LogP contribution in [0.4, 0.5) is 5.69 Å². The van der Waals surface area contributed by atoms with Gasteiger partial charge in [0.25, 0.3) is 0 Å². The zero-order valence-corrected chi connectivity index (χ0v) is 13.2. The van der Waals surface area contributed by atoms with E-state index in [-0.39, 0.29) is 5.91 Å². The predicted octanol–water partition coefficient (Wildman–Crippen LogP) is 3.40. The Morgan fingerprint density at radius 2 is 2.00 bits per heavy atom. The molecule has 0 atom stereocenters. The van der Waals surface area contributed by atoms with Crippen LogP contribution in [0.5, 0.6) is 5.75 Å². The summed E-state index contributed by atoms with van der Waals surface area (Å²) in [5.41, 5.74) is 1.85. The Hall–Kier alpha value is -2.30. The molecule has 1 N–H and O–H groups in total. The van der Waals surface area contributed by atoms with Gasteiger partial charge in [-0.05, 0) is 50.5 Å². The summed E-state index contributed by atoms with van der Waals surface area (Å²) in [6.07, 6.45) is 7.22. The van der Waals surface area contributed by atoms with Crippen LogP contribution >= 0.6 is 0 Å². The number of carbonyl (C=O) groups is 1. The lowest BCUT2D eigenvalue weighted by molar-refractivity contribution is -0.114. The number of hydrogen-bond acceptors (Lipinski definition) is 3. The molecule has 0 radical (unpaired) electrons. The van der Waals surface area contributed by atoms with E-state index in [1.54, 1.807) is 0 Å². The highest BCUT2D eigenvalue weighted by atomic mass is 16.5. The van der Waals surface area contributed by atoms with Crippen molar-refractivity contribution in [1.82, 2.24) is 9.55 Å². The normalized spacial score (nSPS) is 10.5. The highest BCUT2D eigenvalue weighted by Crippen LogP contribution is 2.16. The van der Waals surface area contributed by atoms with Crippen LogP contribution in [0.3, 0.4) is 0 Å². The standard InChI is InChI=1S/C17H23N3O2/c1-14-12-20(13-18-14)10-4-3-5-11-22-17-8-6-16(7-9-17)19-15(2)21/h6-9,12-13H,3-5,10-11H2,1-2H3,(H,19,21). The first-order valence-corrected chi connectivity index (χ1v) is 7.62. The van der Waals surface area contributed by atoms with E-state index in [1.165, 1.54) is 6.92 Å². The maximum atomic E-state index is 10.9. The molecule has 1 aromatic heterocycles. The smallest absolute Gasteiger partial charge is 0.221 e. The van der Waals surface area contributed by atoms with Gasteiger partial charge in [-0.15, -0.1) is 0 Å². The number of benzene rings is 1. The fourth-order valence-electron chi connectivity index (χ4n) is 2.20. The van der Waals surface area contributed by atoms with Crippen molar-refractivity contribution in [3.05, 3.63) is 42.5 Å². The third-order valence-electron chi connectivity index (χ3n) is 3.27. The lowest BCUT2D eigenvalue weighted by Crippen LogP contribution is -2.05. The summed E-state index contributed by atoms with van der Waals surface area (Å²) in [5, 5.41) is 2.73. The number of amides is 1. The van der Waals surface area contributed by atoms with E-state index in [9.17, 15) is 4.79 Å². The minimum atomic E-state index is -0.0678. The van der Waals surface area contributed by atoms with Crippen LogP contribution < -0.4 is 10.1 Å². The number of unbranched alkanes of at least 4 members (excludes halogenated alkanes) is 2. The number of imidazole rings is 1. The van der Waals surface area contributed by atoms with Gasteiger partial charge in [-0.1, -0.05) is 0 Å².